The Kier molecular flexibility index (Phi) is 5.12. The number of ether oxygens (including phenoxy) is 1. The molecule has 0 atom stereocenters. The van der Waals surface area contributed by atoms with Crippen molar-refractivity contribution in [1.29, 1.82) is 0 Å². The first kappa shape index (κ1) is 18.6. The fourth-order valence-corrected chi connectivity index (χ4v) is 2.71. The van der Waals surface area contributed by atoms with Gasteiger partial charge in [0.1, 0.15) is 6.54 Å². The van der Waals surface area contributed by atoms with E-state index >= 15 is 0 Å². The lowest BCUT2D eigenvalue weighted by Gasteiger charge is -2.36. The standard InChI is InChI=1S/C15H15F6NO2/c16-14(17,18)9-22-12(23)13(4-6-24-7-5-13)10-2-1-3-11(8-10)15(19,20)21/h1-3,8H,4-7,9H2,(H,22,23). The van der Waals surface area contributed by atoms with Crippen molar-refractivity contribution in [3.8, 4) is 0 Å². The minimum Gasteiger partial charge on any atom is -0.381 e. The average molecular weight is 355 g/mol. The Morgan fingerprint density at radius 3 is 2.29 bits per heavy atom. The first-order valence-corrected chi connectivity index (χ1v) is 7.15. The van der Waals surface area contributed by atoms with Crippen LogP contribution in [0.25, 0.3) is 0 Å². The first-order chi connectivity index (χ1) is 11.0. The molecule has 9 heteroatoms. The van der Waals surface area contributed by atoms with Gasteiger partial charge in [-0.15, -0.1) is 0 Å². The van der Waals surface area contributed by atoms with Gasteiger partial charge in [-0.3, -0.25) is 4.79 Å². The van der Waals surface area contributed by atoms with E-state index in [0.29, 0.717) is 0 Å². The normalized spacial score (nSPS) is 18.2. The third kappa shape index (κ3) is 4.19. The highest BCUT2D eigenvalue weighted by atomic mass is 19.4. The molecule has 0 radical (unpaired) electrons. The molecule has 0 saturated carbocycles. The summed E-state index contributed by atoms with van der Waals surface area (Å²) in [4.78, 5) is 12.4. The predicted molar refractivity (Wildman–Crippen MR) is 72.2 cm³/mol. The molecular formula is C15H15F6NO2. The molecule has 1 saturated heterocycles. The van der Waals surface area contributed by atoms with E-state index in [2.05, 4.69) is 0 Å². The van der Waals surface area contributed by atoms with Crippen LogP contribution in [-0.4, -0.2) is 31.8 Å². The third-order valence-corrected chi connectivity index (χ3v) is 3.97. The quantitative estimate of drug-likeness (QED) is 0.844. The highest BCUT2D eigenvalue weighted by molar-refractivity contribution is 5.88. The van der Waals surface area contributed by atoms with Gasteiger partial charge in [0, 0.05) is 13.2 Å². The number of alkyl halides is 6. The SMILES string of the molecule is O=C(NCC(F)(F)F)C1(c2cccc(C(F)(F)F)c2)CCOCC1. The molecule has 3 nitrogen and oxygen atoms in total. The number of rotatable bonds is 3. The monoisotopic (exact) mass is 355 g/mol. The van der Waals surface area contributed by atoms with Crippen LogP contribution >= 0.6 is 0 Å². The molecule has 2 rings (SSSR count). The Balaban J connectivity index is 2.36. The van der Waals surface area contributed by atoms with Gasteiger partial charge in [0.25, 0.3) is 0 Å². The Hall–Kier alpha value is -1.77. The van der Waals surface area contributed by atoms with Gasteiger partial charge in [0.15, 0.2) is 0 Å². The summed E-state index contributed by atoms with van der Waals surface area (Å²) >= 11 is 0. The van der Waals surface area contributed by atoms with Crippen LogP contribution in [0.1, 0.15) is 24.0 Å². The Morgan fingerprint density at radius 1 is 1.12 bits per heavy atom. The van der Waals surface area contributed by atoms with Gasteiger partial charge in [0.05, 0.1) is 11.0 Å². The zero-order chi connectivity index (χ0) is 18.0. The van der Waals surface area contributed by atoms with Crippen molar-refractivity contribution in [3.05, 3.63) is 35.4 Å². The number of benzene rings is 1. The first-order valence-electron chi connectivity index (χ1n) is 7.15. The summed E-state index contributed by atoms with van der Waals surface area (Å²) in [5, 5.41) is 1.79. The molecule has 0 bridgehead atoms. The summed E-state index contributed by atoms with van der Waals surface area (Å²) in [6.07, 6.45) is -9.18. The molecule has 0 spiro atoms. The molecule has 1 heterocycles. The number of halogens is 6. The number of amides is 1. The van der Waals surface area contributed by atoms with E-state index in [0.717, 1.165) is 18.2 Å². The van der Waals surface area contributed by atoms with E-state index in [9.17, 15) is 31.1 Å². The van der Waals surface area contributed by atoms with E-state index in [1.54, 1.807) is 5.32 Å². The van der Waals surface area contributed by atoms with Gasteiger partial charge in [-0.05, 0) is 24.5 Å². The fourth-order valence-electron chi connectivity index (χ4n) is 2.71. The van der Waals surface area contributed by atoms with Crippen LogP contribution in [0.5, 0.6) is 0 Å². The van der Waals surface area contributed by atoms with Crippen molar-refractivity contribution in [2.75, 3.05) is 19.8 Å². The highest BCUT2D eigenvalue weighted by Gasteiger charge is 2.44. The average Bonchev–Trinajstić information content (AvgIpc) is 2.52. The van der Waals surface area contributed by atoms with Crippen LogP contribution in [0, 0.1) is 0 Å². The maximum absolute atomic E-state index is 12.9. The molecule has 1 aliphatic heterocycles. The molecular weight excluding hydrogens is 340 g/mol. The largest absolute Gasteiger partial charge is 0.416 e. The van der Waals surface area contributed by atoms with E-state index < -0.39 is 35.8 Å². The van der Waals surface area contributed by atoms with Crippen LogP contribution < -0.4 is 5.32 Å². The molecule has 1 aromatic carbocycles. The smallest absolute Gasteiger partial charge is 0.381 e. The minimum absolute atomic E-state index is 0.0119. The van der Waals surface area contributed by atoms with Crippen LogP contribution in [0.2, 0.25) is 0 Å². The van der Waals surface area contributed by atoms with Crippen molar-refractivity contribution >= 4 is 5.91 Å². The molecule has 0 aromatic heterocycles. The molecule has 0 aliphatic carbocycles. The van der Waals surface area contributed by atoms with Gasteiger partial charge < -0.3 is 10.1 Å². The van der Waals surface area contributed by atoms with Gasteiger partial charge in [-0.2, -0.15) is 26.3 Å². The molecule has 134 valence electrons. The van der Waals surface area contributed by atoms with Gasteiger partial charge in [-0.25, -0.2) is 0 Å². The van der Waals surface area contributed by atoms with Crippen LogP contribution in [-0.2, 0) is 21.1 Å². The molecule has 24 heavy (non-hydrogen) atoms. The van der Waals surface area contributed by atoms with Gasteiger partial charge in [-0.1, -0.05) is 18.2 Å². The Labute approximate surface area is 134 Å². The lowest BCUT2D eigenvalue weighted by atomic mass is 9.73. The van der Waals surface area contributed by atoms with Crippen LogP contribution in [0.4, 0.5) is 26.3 Å². The molecule has 0 unspecified atom stereocenters. The van der Waals surface area contributed by atoms with E-state index in [4.69, 9.17) is 4.74 Å². The lowest BCUT2D eigenvalue weighted by molar-refractivity contribution is -0.144. The minimum atomic E-state index is -4.61. The maximum atomic E-state index is 12.9. The van der Waals surface area contributed by atoms with Crippen LogP contribution in [0.15, 0.2) is 24.3 Å². The molecule has 1 fully saturated rings. The summed E-state index contributed by atoms with van der Waals surface area (Å²) in [5.41, 5.74) is -2.38. The van der Waals surface area contributed by atoms with E-state index in [-0.39, 0.29) is 31.6 Å². The van der Waals surface area contributed by atoms with Gasteiger partial charge in [0.2, 0.25) is 5.91 Å². The zero-order valence-corrected chi connectivity index (χ0v) is 12.4. The summed E-state index contributed by atoms with van der Waals surface area (Å²) in [5.74, 6) is -0.942. The Bertz CT molecular complexity index is 590. The second-order valence-corrected chi connectivity index (χ2v) is 5.57. The number of carbonyl (C=O) groups is 1. The summed E-state index contributed by atoms with van der Waals surface area (Å²) < 4.78 is 80.8. The summed E-state index contributed by atoms with van der Waals surface area (Å²) in [6, 6.07) is 4.14. The number of hydrogen-bond donors (Lipinski definition) is 1. The second-order valence-electron chi connectivity index (χ2n) is 5.57. The van der Waals surface area contributed by atoms with Gasteiger partial charge >= 0.3 is 12.4 Å². The molecule has 1 aliphatic rings. The second kappa shape index (κ2) is 6.62. The van der Waals surface area contributed by atoms with Crippen molar-refractivity contribution in [3.63, 3.8) is 0 Å². The van der Waals surface area contributed by atoms with Crippen molar-refractivity contribution in [1.82, 2.24) is 5.32 Å². The zero-order valence-electron chi connectivity index (χ0n) is 12.4. The summed E-state index contributed by atoms with van der Waals surface area (Å²) in [7, 11) is 0. The lowest BCUT2D eigenvalue weighted by Crippen LogP contribution is -2.50. The number of hydrogen-bond acceptors (Lipinski definition) is 2. The molecule has 1 N–H and O–H groups in total. The van der Waals surface area contributed by atoms with Crippen molar-refractivity contribution in [2.45, 2.75) is 30.6 Å². The fraction of sp³-hybridized carbons (Fsp3) is 0.533. The molecule has 1 aromatic rings. The number of nitrogens with one attached hydrogen (secondary N) is 1. The van der Waals surface area contributed by atoms with E-state index in [1.807, 2.05) is 0 Å². The van der Waals surface area contributed by atoms with Crippen molar-refractivity contribution in [2.24, 2.45) is 0 Å². The third-order valence-electron chi connectivity index (χ3n) is 3.97. The van der Waals surface area contributed by atoms with E-state index in [1.165, 1.54) is 6.07 Å². The van der Waals surface area contributed by atoms with Crippen LogP contribution in [0.3, 0.4) is 0 Å². The summed E-state index contributed by atoms with van der Waals surface area (Å²) in [6.45, 7) is -1.38. The molecule has 1 amide bonds. The topological polar surface area (TPSA) is 38.3 Å². The maximum Gasteiger partial charge on any atom is 0.416 e. The Morgan fingerprint density at radius 2 is 1.75 bits per heavy atom. The van der Waals surface area contributed by atoms with Crippen molar-refractivity contribution < 1.29 is 35.9 Å². The predicted octanol–water partition coefficient (Wildman–Crippen LogP) is 3.43. The number of carbonyl (C=O) groups excluding carboxylic acids is 1. The highest BCUT2D eigenvalue weighted by Crippen LogP contribution is 2.38.